The summed E-state index contributed by atoms with van der Waals surface area (Å²) < 4.78 is 11.9. The molecule has 4 heteroatoms. The third-order valence-electron chi connectivity index (χ3n) is 3.89. The smallest absolute Gasteiger partial charge is 0.175 e. The Hall–Kier alpha value is -0.740. The molecule has 1 fully saturated rings. The summed E-state index contributed by atoms with van der Waals surface area (Å²) >= 11 is 3.69. The van der Waals surface area contributed by atoms with Crippen molar-refractivity contribution in [3.63, 3.8) is 0 Å². The molecule has 0 amide bonds. The van der Waals surface area contributed by atoms with Crippen molar-refractivity contribution < 1.29 is 9.47 Å². The highest BCUT2D eigenvalue weighted by Crippen LogP contribution is 2.41. The van der Waals surface area contributed by atoms with E-state index in [1.54, 1.807) is 14.2 Å². The molecule has 1 aromatic rings. The summed E-state index contributed by atoms with van der Waals surface area (Å²) in [7, 11) is 3.36. The summed E-state index contributed by atoms with van der Waals surface area (Å²) in [4.78, 5) is 0. The molecule has 3 nitrogen and oxygen atoms in total. The molecule has 0 aliphatic carbocycles. The van der Waals surface area contributed by atoms with Crippen LogP contribution in [0.5, 0.6) is 11.5 Å². The average Bonchev–Trinajstić information content (AvgIpc) is 2.44. The Kier molecular flexibility index (Phi) is 5.11. The van der Waals surface area contributed by atoms with Crippen LogP contribution in [0, 0.1) is 12.8 Å². The van der Waals surface area contributed by atoms with Gasteiger partial charge in [0, 0.05) is 0 Å². The average molecular weight is 328 g/mol. The normalized spacial score (nSPS) is 16.4. The van der Waals surface area contributed by atoms with Crippen LogP contribution in [-0.2, 0) is 6.42 Å². The maximum Gasteiger partial charge on any atom is 0.175 e. The van der Waals surface area contributed by atoms with E-state index >= 15 is 0 Å². The lowest BCUT2D eigenvalue weighted by atomic mass is 9.89. The number of ether oxygens (including phenoxy) is 2. The third-order valence-corrected chi connectivity index (χ3v) is 4.73. The predicted octanol–water partition coefficient (Wildman–Crippen LogP) is 3.32. The molecular weight excluding hydrogens is 306 g/mol. The topological polar surface area (TPSA) is 30.5 Å². The molecule has 2 rings (SSSR count). The molecule has 0 unspecified atom stereocenters. The summed E-state index contributed by atoms with van der Waals surface area (Å²) in [5, 5.41) is 3.41. The van der Waals surface area contributed by atoms with Crippen LogP contribution < -0.4 is 14.8 Å². The Balaban J connectivity index is 2.28. The van der Waals surface area contributed by atoms with E-state index in [-0.39, 0.29) is 0 Å². The quantitative estimate of drug-likeness (QED) is 0.920. The lowest BCUT2D eigenvalue weighted by Crippen LogP contribution is -2.28. The van der Waals surface area contributed by atoms with Crippen molar-refractivity contribution in [2.45, 2.75) is 26.2 Å². The highest BCUT2D eigenvalue weighted by Gasteiger charge is 2.20. The Bertz CT molecular complexity index is 442. The Morgan fingerprint density at radius 1 is 1.26 bits per heavy atom. The monoisotopic (exact) mass is 327 g/mol. The maximum absolute atomic E-state index is 5.47. The van der Waals surface area contributed by atoms with Crippen LogP contribution in [-0.4, -0.2) is 27.3 Å². The minimum Gasteiger partial charge on any atom is -0.493 e. The van der Waals surface area contributed by atoms with Crippen LogP contribution in [0.2, 0.25) is 0 Å². The van der Waals surface area contributed by atoms with Crippen LogP contribution in [0.15, 0.2) is 10.5 Å². The number of piperidine rings is 1. The van der Waals surface area contributed by atoms with E-state index in [2.05, 4.69) is 34.2 Å². The molecule has 1 N–H and O–H groups in total. The number of hydrogen-bond donors (Lipinski definition) is 1. The van der Waals surface area contributed by atoms with Gasteiger partial charge >= 0.3 is 0 Å². The zero-order valence-corrected chi connectivity index (χ0v) is 13.5. The predicted molar refractivity (Wildman–Crippen MR) is 81.3 cm³/mol. The second-order valence-corrected chi connectivity index (χ2v) is 5.91. The summed E-state index contributed by atoms with van der Waals surface area (Å²) in [5.41, 5.74) is 2.62. The first kappa shape index (κ1) is 14.7. The summed E-state index contributed by atoms with van der Waals surface area (Å²) in [5.74, 6) is 2.35. The number of methoxy groups -OCH3 is 2. The number of halogens is 1. The van der Waals surface area contributed by atoms with Crippen molar-refractivity contribution in [2.75, 3.05) is 27.3 Å². The first-order valence-electron chi connectivity index (χ1n) is 6.78. The lowest BCUT2D eigenvalue weighted by molar-refractivity contribution is 0.349. The zero-order valence-electron chi connectivity index (χ0n) is 11.9. The fraction of sp³-hybridized carbons (Fsp3) is 0.600. The van der Waals surface area contributed by atoms with Gasteiger partial charge in [0.05, 0.1) is 18.7 Å². The standard InChI is InChI=1S/C15H22BrNO2/c1-10-8-13(18-2)15(19-3)14(16)12(10)9-11-4-6-17-7-5-11/h8,11,17H,4-7,9H2,1-3H3. The van der Waals surface area contributed by atoms with Gasteiger partial charge < -0.3 is 14.8 Å². The molecule has 1 heterocycles. The second-order valence-electron chi connectivity index (χ2n) is 5.12. The van der Waals surface area contributed by atoms with Crippen molar-refractivity contribution in [3.8, 4) is 11.5 Å². The first-order chi connectivity index (χ1) is 9.17. The molecule has 0 aromatic heterocycles. The minimum atomic E-state index is 0.759. The number of hydrogen-bond acceptors (Lipinski definition) is 3. The van der Waals surface area contributed by atoms with Gasteiger partial charge in [-0.1, -0.05) is 0 Å². The maximum atomic E-state index is 5.47. The SMILES string of the molecule is COc1cc(C)c(CC2CCNCC2)c(Br)c1OC. The van der Waals surface area contributed by atoms with Gasteiger partial charge in [-0.05, 0) is 78.3 Å². The molecule has 0 bridgehead atoms. The van der Waals surface area contributed by atoms with Crippen LogP contribution in [0.3, 0.4) is 0 Å². The Morgan fingerprint density at radius 2 is 1.95 bits per heavy atom. The van der Waals surface area contributed by atoms with Crippen LogP contribution in [0.25, 0.3) is 0 Å². The molecule has 1 aliphatic heterocycles. The third kappa shape index (κ3) is 3.23. The molecular formula is C15H22BrNO2. The van der Waals surface area contributed by atoms with Gasteiger partial charge in [-0.3, -0.25) is 0 Å². The molecule has 1 saturated heterocycles. The fourth-order valence-corrected chi connectivity index (χ4v) is 3.57. The zero-order chi connectivity index (χ0) is 13.8. The first-order valence-corrected chi connectivity index (χ1v) is 7.57. The largest absolute Gasteiger partial charge is 0.493 e. The molecule has 106 valence electrons. The van der Waals surface area contributed by atoms with Crippen molar-refractivity contribution in [1.82, 2.24) is 5.32 Å². The van der Waals surface area contributed by atoms with Gasteiger partial charge in [0.1, 0.15) is 0 Å². The van der Waals surface area contributed by atoms with Crippen LogP contribution in [0.4, 0.5) is 0 Å². The molecule has 0 radical (unpaired) electrons. The highest BCUT2D eigenvalue weighted by atomic mass is 79.9. The number of rotatable bonds is 4. The number of nitrogens with one attached hydrogen (secondary N) is 1. The van der Waals surface area contributed by atoms with Gasteiger partial charge in [0.15, 0.2) is 11.5 Å². The lowest BCUT2D eigenvalue weighted by Gasteiger charge is -2.24. The van der Waals surface area contributed by atoms with Crippen molar-refractivity contribution in [2.24, 2.45) is 5.92 Å². The van der Waals surface area contributed by atoms with E-state index in [1.165, 1.54) is 24.0 Å². The van der Waals surface area contributed by atoms with Gasteiger partial charge in [-0.15, -0.1) is 0 Å². The van der Waals surface area contributed by atoms with Gasteiger partial charge in [-0.2, -0.15) is 0 Å². The van der Waals surface area contributed by atoms with Crippen molar-refractivity contribution in [3.05, 3.63) is 21.7 Å². The Morgan fingerprint density at radius 3 is 2.53 bits per heavy atom. The number of benzene rings is 1. The highest BCUT2D eigenvalue weighted by molar-refractivity contribution is 9.10. The summed E-state index contributed by atoms with van der Waals surface area (Å²) in [6, 6.07) is 2.07. The van der Waals surface area contributed by atoms with Crippen molar-refractivity contribution >= 4 is 15.9 Å². The van der Waals surface area contributed by atoms with E-state index in [9.17, 15) is 0 Å². The second kappa shape index (κ2) is 6.62. The molecule has 0 spiro atoms. The molecule has 0 saturated carbocycles. The van der Waals surface area contributed by atoms with E-state index in [1.807, 2.05) is 0 Å². The van der Waals surface area contributed by atoms with Crippen molar-refractivity contribution in [1.29, 1.82) is 0 Å². The van der Waals surface area contributed by atoms with E-state index < -0.39 is 0 Å². The van der Waals surface area contributed by atoms with Gasteiger partial charge in [-0.25, -0.2) is 0 Å². The summed E-state index contributed by atoms with van der Waals surface area (Å²) in [6.45, 7) is 4.41. The molecule has 19 heavy (non-hydrogen) atoms. The van der Waals surface area contributed by atoms with Crippen LogP contribution >= 0.6 is 15.9 Å². The van der Waals surface area contributed by atoms with Gasteiger partial charge in [0.2, 0.25) is 0 Å². The number of aryl methyl sites for hydroxylation is 1. The fourth-order valence-electron chi connectivity index (χ4n) is 2.73. The Labute approximate surface area is 123 Å². The van der Waals surface area contributed by atoms with Gasteiger partial charge in [0.25, 0.3) is 0 Å². The molecule has 1 aromatic carbocycles. The summed E-state index contributed by atoms with van der Waals surface area (Å²) in [6.07, 6.45) is 3.61. The minimum absolute atomic E-state index is 0.759. The molecule has 1 aliphatic rings. The van der Waals surface area contributed by atoms with E-state index in [0.717, 1.165) is 41.4 Å². The molecule has 0 atom stereocenters. The van der Waals surface area contributed by atoms with E-state index in [0.29, 0.717) is 0 Å². The van der Waals surface area contributed by atoms with Crippen LogP contribution in [0.1, 0.15) is 24.0 Å². The van der Waals surface area contributed by atoms with E-state index in [4.69, 9.17) is 9.47 Å².